The number of nitrogens with zero attached hydrogens (tertiary/aromatic N) is 2. The van der Waals surface area contributed by atoms with Crippen LogP contribution < -0.4 is 0 Å². The molecule has 0 radical (unpaired) electrons. The second-order valence-electron chi connectivity index (χ2n) is 6.49. The first-order valence-corrected chi connectivity index (χ1v) is 8.69. The van der Waals surface area contributed by atoms with E-state index in [1.807, 2.05) is 48.2 Å². The van der Waals surface area contributed by atoms with Crippen molar-refractivity contribution in [1.29, 1.82) is 0 Å². The maximum absolute atomic E-state index is 13.0. The van der Waals surface area contributed by atoms with Crippen molar-refractivity contribution in [3.8, 4) is 11.3 Å². The van der Waals surface area contributed by atoms with E-state index in [0.717, 1.165) is 29.0 Å². The van der Waals surface area contributed by atoms with Crippen LogP contribution in [0, 0.1) is 6.92 Å². The third-order valence-electron chi connectivity index (χ3n) is 4.75. The Morgan fingerprint density at radius 3 is 2.77 bits per heavy atom. The molecule has 0 spiro atoms. The van der Waals surface area contributed by atoms with Crippen LogP contribution in [0.2, 0.25) is 0 Å². The van der Waals surface area contributed by atoms with Crippen molar-refractivity contribution in [1.82, 2.24) is 15.1 Å². The zero-order valence-electron chi connectivity index (χ0n) is 14.9. The Hall–Kier alpha value is -2.86. The number of carbonyl (C=O) groups is 1. The molecule has 1 unspecified atom stereocenters. The highest BCUT2D eigenvalue weighted by Gasteiger charge is 2.43. The van der Waals surface area contributed by atoms with E-state index < -0.39 is 0 Å². The average molecular weight is 351 g/mol. The number of benzene rings is 1. The quantitative estimate of drug-likeness (QED) is 0.689. The number of hydrogen-bond donors (Lipinski definition) is 1. The lowest BCUT2D eigenvalue weighted by Gasteiger charge is -2.24. The van der Waals surface area contributed by atoms with Crippen molar-refractivity contribution in [2.45, 2.75) is 19.4 Å². The molecule has 6 heteroatoms. The van der Waals surface area contributed by atoms with E-state index in [-0.39, 0.29) is 11.9 Å². The van der Waals surface area contributed by atoms with Crippen molar-refractivity contribution < 1.29 is 13.9 Å². The minimum Gasteiger partial charge on any atom is -0.467 e. The fourth-order valence-corrected chi connectivity index (χ4v) is 3.48. The molecule has 0 saturated heterocycles. The van der Waals surface area contributed by atoms with Crippen LogP contribution in [0.1, 0.15) is 39.8 Å². The number of hydrogen-bond acceptors (Lipinski definition) is 4. The van der Waals surface area contributed by atoms with Gasteiger partial charge in [-0.05, 0) is 25.5 Å². The molecule has 3 aromatic rings. The van der Waals surface area contributed by atoms with Crippen LogP contribution in [0.5, 0.6) is 0 Å². The zero-order valence-corrected chi connectivity index (χ0v) is 14.9. The maximum atomic E-state index is 13.0. The zero-order chi connectivity index (χ0) is 18.1. The number of nitrogens with one attached hydrogen (secondary N) is 1. The van der Waals surface area contributed by atoms with Crippen LogP contribution in [-0.2, 0) is 4.74 Å². The van der Waals surface area contributed by atoms with Gasteiger partial charge in [-0.3, -0.25) is 9.89 Å². The first kappa shape index (κ1) is 16.6. The number of carbonyl (C=O) groups excluding carboxylic acids is 1. The van der Waals surface area contributed by atoms with Crippen molar-refractivity contribution in [3.63, 3.8) is 0 Å². The third kappa shape index (κ3) is 2.72. The van der Waals surface area contributed by atoms with E-state index >= 15 is 0 Å². The predicted molar refractivity (Wildman–Crippen MR) is 96.8 cm³/mol. The Morgan fingerprint density at radius 1 is 1.27 bits per heavy atom. The smallest absolute Gasteiger partial charge is 0.273 e. The fourth-order valence-electron chi connectivity index (χ4n) is 3.48. The molecule has 134 valence electrons. The van der Waals surface area contributed by atoms with Gasteiger partial charge in [-0.1, -0.05) is 29.8 Å². The number of amides is 1. The molecule has 1 aliphatic rings. The summed E-state index contributed by atoms with van der Waals surface area (Å²) in [5, 5.41) is 7.39. The van der Waals surface area contributed by atoms with Crippen LogP contribution in [0.3, 0.4) is 0 Å². The monoisotopic (exact) mass is 351 g/mol. The summed E-state index contributed by atoms with van der Waals surface area (Å²) in [5.41, 5.74) is 4.38. The fraction of sp³-hybridized carbons (Fsp3) is 0.300. The summed E-state index contributed by atoms with van der Waals surface area (Å²) in [6, 6.07) is 11.6. The van der Waals surface area contributed by atoms with Crippen molar-refractivity contribution in [2.75, 3.05) is 20.3 Å². The van der Waals surface area contributed by atoms with E-state index in [0.29, 0.717) is 18.8 Å². The lowest BCUT2D eigenvalue weighted by atomic mass is 9.99. The van der Waals surface area contributed by atoms with Gasteiger partial charge in [0.2, 0.25) is 0 Å². The summed E-state index contributed by atoms with van der Waals surface area (Å²) in [4.78, 5) is 14.8. The van der Waals surface area contributed by atoms with E-state index in [4.69, 9.17) is 9.15 Å². The minimum absolute atomic E-state index is 0.0524. The Bertz CT molecular complexity index is 897. The number of ether oxygens (including phenoxy) is 1. The summed E-state index contributed by atoms with van der Waals surface area (Å²) in [6.45, 7) is 3.24. The molecule has 26 heavy (non-hydrogen) atoms. The van der Waals surface area contributed by atoms with Gasteiger partial charge in [0.25, 0.3) is 5.91 Å². The number of aromatic nitrogens is 2. The summed E-state index contributed by atoms with van der Waals surface area (Å²) in [6.07, 6.45) is 2.40. The highest BCUT2D eigenvalue weighted by Crippen LogP contribution is 2.42. The van der Waals surface area contributed by atoms with Crippen LogP contribution in [0.15, 0.2) is 47.1 Å². The molecule has 3 heterocycles. The number of H-pyrrole nitrogens is 1. The largest absolute Gasteiger partial charge is 0.467 e. The highest BCUT2D eigenvalue weighted by atomic mass is 16.5. The summed E-state index contributed by atoms with van der Waals surface area (Å²) < 4.78 is 10.8. The third-order valence-corrected chi connectivity index (χ3v) is 4.75. The van der Waals surface area contributed by atoms with Crippen LogP contribution in [-0.4, -0.2) is 41.3 Å². The lowest BCUT2D eigenvalue weighted by molar-refractivity contribution is 0.0708. The maximum Gasteiger partial charge on any atom is 0.273 e. The Kier molecular flexibility index (Phi) is 4.34. The van der Waals surface area contributed by atoms with Crippen LogP contribution in [0.4, 0.5) is 0 Å². The first-order valence-electron chi connectivity index (χ1n) is 8.69. The normalized spacial score (nSPS) is 16.3. The van der Waals surface area contributed by atoms with Gasteiger partial charge in [-0.25, -0.2) is 0 Å². The molecule has 1 aromatic carbocycles. The van der Waals surface area contributed by atoms with Crippen molar-refractivity contribution in [3.05, 3.63) is 65.2 Å². The topological polar surface area (TPSA) is 71.4 Å². The highest BCUT2D eigenvalue weighted by molar-refractivity contribution is 6.00. The summed E-state index contributed by atoms with van der Waals surface area (Å²) in [5.74, 6) is 0.688. The number of furan rings is 1. The Labute approximate surface area is 151 Å². The van der Waals surface area contributed by atoms with Gasteiger partial charge in [0.05, 0.1) is 12.0 Å². The first-order chi connectivity index (χ1) is 12.7. The second kappa shape index (κ2) is 6.80. The van der Waals surface area contributed by atoms with Crippen molar-refractivity contribution in [2.24, 2.45) is 0 Å². The molecular formula is C20H21N3O3. The molecule has 1 N–H and O–H groups in total. The van der Waals surface area contributed by atoms with Gasteiger partial charge in [-0.2, -0.15) is 5.10 Å². The lowest BCUT2D eigenvalue weighted by Crippen LogP contribution is -2.31. The minimum atomic E-state index is -0.278. The SMILES string of the molecule is COCCCN1C(=O)c2[nH]nc(-c3ccc(C)cc3)c2C1c1ccco1. The second-order valence-corrected chi connectivity index (χ2v) is 6.49. The van der Waals surface area contributed by atoms with Crippen LogP contribution in [0.25, 0.3) is 11.3 Å². The van der Waals surface area contributed by atoms with Gasteiger partial charge in [0.15, 0.2) is 0 Å². The number of rotatable bonds is 6. The van der Waals surface area contributed by atoms with Crippen LogP contribution >= 0.6 is 0 Å². The molecule has 0 bridgehead atoms. The molecule has 1 atom stereocenters. The van der Waals surface area contributed by atoms with E-state index in [1.54, 1.807) is 13.4 Å². The molecule has 1 amide bonds. The molecule has 0 aliphatic carbocycles. The average Bonchev–Trinajstić information content (AvgIpc) is 3.35. The van der Waals surface area contributed by atoms with E-state index in [2.05, 4.69) is 10.2 Å². The standard InChI is InChI=1S/C20H21N3O3/c1-13-6-8-14(9-7-13)17-16-18(22-21-17)20(24)23(10-4-11-25-2)19(16)15-5-3-12-26-15/h3,5-9,12,19H,4,10-11H2,1-2H3,(H,21,22). The predicted octanol–water partition coefficient (Wildman–Crippen LogP) is 3.56. The number of aryl methyl sites for hydroxylation is 1. The molecule has 1 aliphatic heterocycles. The molecule has 0 fully saturated rings. The molecular weight excluding hydrogens is 330 g/mol. The summed E-state index contributed by atoms with van der Waals surface area (Å²) >= 11 is 0. The van der Waals surface area contributed by atoms with E-state index in [9.17, 15) is 4.79 Å². The van der Waals surface area contributed by atoms with Gasteiger partial charge < -0.3 is 14.1 Å². The van der Waals surface area contributed by atoms with Gasteiger partial charge >= 0.3 is 0 Å². The Balaban J connectivity index is 1.78. The number of methoxy groups -OCH3 is 1. The van der Waals surface area contributed by atoms with Crippen molar-refractivity contribution >= 4 is 5.91 Å². The van der Waals surface area contributed by atoms with Gasteiger partial charge in [-0.15, -0.1) is 0 Å². The summed E-state index contributed by atoms with van der Waals surface area (Å²) in [7, 11) is 1.66. The molecule has 6 nitrogen and oxygen atoms in total. The van der Waals surface area contributed by atoms with E-state index in [1.165, 1.54) is 5.56 Å². The van der Waals surface area contributed by atoms with Gasteiger partial charge in [0.1, 0.15) is 17.5 Å². The molecule has 2 aromatic heterocycles. The molecule has 4 rings (SSSR count). The number of aromatic amines is 1. The Morgan fingerprint density at radius 2 is 2.08 bits per heavy atom. The number of fused-ring (bicyclic) bond motifs is 1. The van der Waals surface area contributed by atoms with Gasteiger partial charge in [0, 0.05) is 31.4 Å². The molecule has 0 saturated carbocycles.